The minimum Gasteiger partial charge on any atom is -0.451 e. The first-order valence-electron chi connectivity index (χ1n) is 10.9. The average molecular weight is 499 g/mol. The Kier molecular flexibility index (Phi) is 8.00. The summed E-state index contributed by atoms with van der Waals surface area (Å²) in [5.74, 6) is -1.28. The first-order chi connectivity index (χ1) is 16.5. The van der Waals surface area contributed by atoms with E-state index in [0.717, 1.165) is 38.4 Å². The second-order valence-electron chi connectivity index (χ2n) is 7.88. The number of nitrogens with one attached hydrogen (secondary N) is 1. The molecule has 1 fully saturated rings. The van der Waals surface area contributed by atoms with E-state index in [2.05, 4.69) is 44.4 Å². The Bertz CT molecular complexity index is 1130. The van der Waals surface area contributed by atoms with Crippen molar-refractivity contribution in [3.8, 4) is 0 Å². The molecule has 7 nitrogen and oxygen atoms in total. The van der Waals surface area contributed by atoms with E-state index in [1.54, 1.807) is 0 Å². The van der Waals surface area contributed by atoms with Gasteiger partial charge in [0.25, 0.3) is 5.91 Å². The van der Waals surface area contributed by atoms with Crippen LogP contribution in [0.1, 0.15) is 16.1 Å². The van der Waals surface area contributed by atoms with Crippen molar-refractivity contribution in [2.75, 3.05) is 43.0 Å². The smallest absolute Gasteiger partial charge is 0.359 e. The average Bonchev–Trinajstić information content (AvgIpc) is 2.86. The largest absolute Gasteiger partial charge is 0.451 e. The van der Waals surface area contributed by atoms with Crippen LogP contribution in [0.25, 0.3) is 0 Å². The molecule has 2 heterocycles. The Labute approximate surface area is 208 Å². The number of benzene rings is 2. The van der Waals surface area contributed by atoms with Gasteiger partial charge in [-0.25, -0.2) is 9.78 Å². The van der Waals surface area contributed by atoms with Crippen LogP contribution in [0.5, 0.6) is 0 Å². The molecule has 1 aromatic heterocycles. The van der Waals surface area contributed by atoms with Crippen LogP contribution in [0.2, 0.25) is 10.2 Å². The van der Waals surface area contributed by atoms with Crippen molar-refractivity contribution in [1.29, 1.82) is 0 Å². The summed E-state index contributed by atoms with van der Waals surface area (Å²) in [4.78, 5) is 32.9. The van der Waals surface area contributed by atoms with Gasteiger partial charge in [0.05, 0.1) is 5.02 Å². The van der Waals surface area contributed by atoms with E-state index in [1.165, 1.54) is 17.7 Å². The van der Waals surface area contributed by atoms with Crippen molar-refractivity contribution in [2.45, 2.75) is 6.54 Å². The van der Waals surface area contributed by atoms with Gasteiger partial charge < -0.3 is 15.0 Å². The molecule has 1 amide bonds. The van der Waals surface area contributed by atoms with Crippen LogP contribution in [0.15, 0.2) is 66.7 Å². The van der Waals surface area contributed by atoms with Crippen LogP contribution < -0.4 is 10.2 Å². The number of ether oxygens (including phenoxy) is 1. The summed E-state index contributed by atoms with van der Waals surface area (Å²) >= 11 is 11.7. The molecule has 1 N–H and O–H groups in total. The fraction of sp³-hybridized carbons (Fsp3) is 0.240. The van der Waals surface area contributed by atoms with Crippen molar-refractivity contribution in [3.63, 3.8) is 0 Å². The predicted octanol–water partition coefficient (Wildman–Crippen LogP) is 4.51. The van der Waals surface area contributed by atoms with Gasteiger partial charge in [0.1, 0.15) is 5.15 Å². The summed E-state index contributed by atoms with van der Waals surface area (Å²) in [6, 6.07) is 21.0. The highest BCUT2D eigenvalue weighted by Crippen LogP contribution is 2.21. The number of amides is 1. The van der Waals surface area contributed by atoms with Gasteiger partial charge in [0.2, 0.25) is 0 Å². The lowest BCUT2D eigenvalue weighted by atomic mass is 10.2. The quantitative estimate of drug-likeness (QED) is 0.381. The molecule has 1 saturated heterocycles. The van der Waals surface area contributed by atoms with Gasteiger partial charge in [0.15, 0.2) is 12.3 Å². The van der Waals surface area contributed by atoms with Crippen molar-refractivity contribution >= 4 is 46.5 Å². The number of carbonyl (C=O) groups is 2. The number of rotatable bonds is 7. The number of carbonyl (C=O) groups excluding carboxylic acids is 2. The zero-order valence-electron chi connectivity index (χ0n) is 18.4. The molecular formula is C25H24Cl2N4O3. The number of anilines is 2. The van der Waals surface area contributed by atoms with Crippen LogP contribution in [0.4, 0.5) is 11.4 Å². The normalized spacial score (nSPS) is 14.0. The summed E-state index contributed by atoms with van der Waals surface area (Å²) in [7, 11) is 0. The Morgan fingerprint density at radius 2 is 1.62 bits per heavy atom. The van der Waals surface area contributed by atoms with Crippen LogP contribution in [0, 0.1) is 0 Å². The molecule has 0 atom stereocenters. The van der Waals surface area contributed by atoms with Crippen LogP contribution in [0.3, 0.4) is 0 Å². The molecule has 1 aliphatic rings. The molecule has 4 rings (SSSR count). The van der Waals surface area contributed by atoms with E-state index in [9.17, 15) is 9.59 Å². The lowest BCUT2D eigenvalue weighted by Crippen LogP contribution is -2.45. The minimum absolute atomic E-state index is 0.103. The maximum absolute atomic E-state index is 12.2. The first-order valence-corrected chi connectivity index (χ1v) is 11.6. The maximum Gasteiger partial charge on any atom is 0.359 e. The van der Waals surface area contributed by atoms with E-state index in [0.29, 0.717) is 5.69 Å². The summed E-state index contributed by atoms with van der Waals surface area (Å²) in [6.07, 6.45) is 0. The van der Waals surface area contributed by atoms with Crippen molar-refractivity contribution in [3.05, 3.63) is 88.2 Å². The number of hydrogen-bond acceptors (Lipinski definition) is 6. The van der Waals surface area contributed by atoms with Gasteiger partial charge in [0, 0.05) is 44.1 Å². The lowest BCUT2D eigenvalue weighted by molar-refractivity contribution is -0.119. The summed E-state index contributed by atoms with van der Waals surface area (Å²) < 4.78 is 5.00. The fourth-order valence-corrected chi connectivity index (χ4v) is 4.05. The molecule has 0 bridgehead atoms. The zero-order chi connectivity index (χ0) is 23.9. The number of esters is 1. The molecule has 1 aliphatic heterocycles. The topological polar surface area (TPSA) is 74.8 Å². The van der Waals surface area contributed by atoms with Gasteiger partial charge in [-0.3, -0.25) is 9.69 Å². The molecule has 0 saturated carbocycles. The highest BCUT2D eigenvalue weighted by atomic mass is 35.5. The van der Waals surface area contributed by atoms with Crippen LogP contribution in [-0.2, 0) is 16.1 Å². The maximum atomic E-state index is 12.2. The summed E-state index contributed by atoms with van der Waals surface area (Å²) in [5.41, 5.74) is 2.92. The highest BCUT2D eigenvalue weighted by Gasteiger charge is 2.18. The minimum atomic E-state index is -0.815. The second-order valence-corrected chi connectivity index (χ2v) is 8.68. The van der Waals surface area contributed by atoms with Gasteiger partial charge in [-0.15, -0.1) is 0 Å². The van der Waals surface area contributed by atoms with Gasteiger partial charge in [-0.1, -0.05) is 53.5 Å². The summed E-state index contributed by atoms with van der Waals surface area (Å²) in [6.45, 7) is 4.36. The number of halogens is 2. The lowest BCUT2D eigenvalue weighted by Gasteiger charge is -2.36. The molecule has 176 valence electrons. The van der Waals surface area contributed by atoms with Crippen molar-refractivity contribution in [2.24, 2.45) is 0 Å². The fourth-order valence-electron chi connectivity index (χ4n) is 3.72. The van der Waals surface area contributed by atoms with E-state index in [-0.39, 0.29) is 15.9 Å². The van der Waals surface area contributed by atoms with Crippen LogP contribution >= 0.6 is 23.2 Å². The number of piperazine rings is 1. The molecule has 2 aromatic carbocycles. The molecule has 9 heteroatoms. The number of nitrogens with zero attached hydrogens (tertiary/aromatic N) is 3. The van der Waals surface area contributed by atoms with Gasteiger partial charge in [-0.2, -0.15) is 0 Å². The van der Waals surface area contributed by atoms with E-state index < -0.39 is 18.5 Å². The Morgan fingerprint density at radius 1 is 0.912 bits per heavy atom. The van der Waals surface area contributed by atoms with Gasteiger partial charge >= 0.3 is 5.97 Å². The standard InChI is InChI=1S/C25H24Cl2N4O3/c26-21-10-11-22(27)29-24(21)25(33)34-17-23(32)28-19-6-8-20(9-7-19)31-14-12-30(13-15-31)16-18-4-2-1-3-5-18/h1-11H,12-17H2,(H,28,32). The third-order valence-corrected chi connectivity index (χ3v) is 5.99. The van der Waals surface area contributed by atoms with Crippen LogP contribution in [-0.4, -0.2) is 54.5 Å². The number of pyridine rings is 1. The number of hydrogen-bond donors (Lipinski definition) is 1. The monoisotopic (exact) mass is 498 g/mol. The predicted molar refractivity (Wildman–Crippen MR) is 134 cm³/mol. The Balaban J connectivity index is 1.23. The number of aromatic nitrogens is 1. The van der Waals surface area contributed by atoms with E-state index >= 15 is 0 Å². The van der Waals surface area contributed by atoms with Crippen molar-refractivity contribution in [1.82, 2.24) is 9.88 Å². The third kappa shape index (κ3) is 6.47. The summed E-state index contributed by atoms with van der Waals surface area (Å²) in [5, 5.41) is 2.93. The first kappa shape index (κ1) is 24.0. The molecule has 0 unspecified atom stereocenters. The highest BCUT2D eigenvalue weighted by molar-refractivity contribution is 6.34. The van der Waals surface area contributed by atoms with E-state index in [4.69, 9.17) is 27.9 Å². The molecule has 0 spiro atoms. The SMILES string of the molecule is O=C(COC(=O)c1nc(Cl)ccc1Cl)Nc1ccc(N2CCN(Cc3ccccc3)CC2)cc1. The molecule has 3 aromatic rings. The molecule has 0 radical (unpaired) electrons. The second kappa shape index (κ2) is 11.3. The Morgan fingerprint density at radius 3 is 2.32 bits per heavy atom. The molecule has 0 aliphatic carbocycles. The van der Waals surface area contributed by atoms with Crippen molar-refractivity contribution < 1.29 is 14.3 Å². The Hall–Kier alpha value is -3.13. The molecule has 34 heavy (non-hydrogen) atoms. The molecular weight excluding hydrogens is 475 g/mol. The van der Waals surface area contributed by atoms with Gasteiger partial charge in [-0.05, 0) is 42.0 Å². The van der Waals surface area contributed by atoms with E-state index in [1.807, 2.05) is 30.3 Å². The zero-order valence-corrected chi connectivity index (χ0v) is 19.9. The third-order valence-electron chi connectivity index (χ3n) is 5.48.